The van der Waals surface area contributed by atoms with Crippen LogP contribution in [0.4, 0.5) is 0 Å². The van der Waals surface area contributed by atoms with Gasteiger partial charge in [0.2, 0.25) is 0 Å². The van der Waals surface area contributed by atoms with Crippen LogP contribution in [0.25, 0.3) is 0 Å². The van der Waals surface area contributed by atoms with Gasteiger partial charge in [-0.25, -0.2) is 19.2 Å². The number of esters is 4. The fourth-order valence-corrected chi connectivity index (χ4v) is 3.69. The van der Waals surface area contributed by atoms with Gasteiger partial charge in [0.1, 0.15) is 24.7 Å². The van der Waals surface area contributed by atoms with E-state index in [0.29, 0.717) is 11.5 Å². The second kappa shape index (κ2) is 17.0. The van der Waals surface area contributed by atoms with Crippen LogP contribution in [0.2, 0.25) is 0 Å². The van der Waals surface area contributed by atoms with E-state index in [1.807, 2.05) is 12.1 Å². The van der Waals surface area contributed by atoms with Gasteiger partial charge in [-0.05, 0) is 55.5 Å². The molecule has 11 heteroatoms. The van der Waals surface area contributed by atoms with Crippen LogP contribution in [0.3, 0.4) is 0 Å². The zero-order valence-corrected chi connectivity index (χ0v) is 23.2. The molecule has 0 aliphatic heterocycles. The summed E-state index contributed by atoms with van der Waals surface area (Å²) in [5.74, 6) is -1.85. The van der Waals surface area contributed by atoms with Crippen molar-refractivity contribution in [1.29, 1.82) is 0 Å². The maximum absolute atomic E-state index is 11.7. The molecule has 10 nitrogen and oxygen atoms in total. The highest BCUT2D eigenvalue weighted by Crippen LogP contribution is 2.30. The van der Waals surface area contributed by atoms with Gasteiger partial charge in [-0.3, -0.25) is 0 Å². The molecule has 2 aromatic carbocycles. The second-order valence-corrected chi connectivity index (χ2v) is 9.07. The van der Waals surface area contributed by atoms with Gasteiger partial charge in [0.25, 0.3) is 6.29 Å². The van der Waals surface area contributed by atoms with Crippen molar-refractivity contribution in [3.05, 3.63) is 99.2 Å². The van der Waals surface area contributed by atoms with Crippen molar-refractivity contribution in [3.8, 4) is 11.5 Å². The number of ether oxygens (including phenoxy) is 6. The summed E-state index contributed by atoms with van der Waals surface area (Å²) in [7, 11) is 0. The number of rotatable bonds is 17. The van der Waals surface area contributed by atoms with Crippen molar-refractivity contribution >= 4 is 35.6 Å². The molecule has 0 aliphatic rings. The van der Waals surface area contributed by atoms with Gasteiger partial charge >= 0.3 is 23.9 Å². The van der Waals surface area contributed by atoms with E-state index in [0.717, 1.165) is 34.1 Å². The Hall–Kier alpha value is -4.77. The molecule has 0 aliphatic carbocycles. The van der Waals surface area contributed by atoms with Gasteiger partial charge in [-0.2, -0.15) is 0 Å². The third kappa shape index (κ3) is 11.9. The third-order valence-electron chi connectivity index (χ3n) is 4.85. The molecule has 0 radical (unpaired) electrons. The van der Waals surface area contributed by atoms with Crippen LogP contribution in [0.15, 0.2) is 109 Å². The van der Waals surface area contributed by atoms with E-state index in [1.54, 1.807) is 36.4 Å². The summed E-state index contributed by atoms with van der Waals surface area (Å²) < 4.78 is 31.8. The predicted octanol–water partition coefficient (Wildman–Crippen LogP) is 4.60. The molecule has 3 atom stereocenters. The lowest BCUT2D eigenvalue weighted by atomic mass is 10.3. The van der Waals surface area contributed by atoms with E-state index < -0.39 is 42.4 Å². The Labute approximate surface area is 242 Å². The summed E-state index contributed by atoms with van der Waals surface area (Å²) in [5.41, 5.74) is 0. The fourth-order valence-electron chi connectivity index (χ4n) is 2.88. The Kier molecular flexibility index (Phi) is 13.5. The smallest absolute Gasteiger partial charge is 0.333 e. The fraction of sp³-hybridized carbons (Fsp3) is 0.200. The van der Waals surface area contributed by atoms with Crippen molar-refractivity contribution in [2.75, 3.05) is 13.2 Å². The van der Waals surface area contributed by atoms with E-state index in [-0.39, 0.29) is 13.2 Å². The molecular weight excluding hydrogens is 552 g/mol. The van der Waals surface area contributed by atoms with Crippen molar-refractivity contribution in [2.24, 2.45) is 0 Å². The van der Waals surface area contributed by atoms with Gasteiger partial charge in [-0.15, -0.1) is 0 Å². The Morgan fingerprint density at radius 3 is 1.71 bits per heavy atom. The molecule has 41 heavy (non-hydrogen) atoms. The lowest BCUT2D eigenvalue weighted by Crippen LogP contribution is -2.37. The summed E-state index contributed by atoms with van der Waals surface area (Å²) in [6.45, 7) is 14.6. The van der Waals surface area contributed by atoms with Crippen LogP contribution in [0.5, 0.6) is 11.5 Å². The molecule has 0 fully saturated rings. The number of carbonyl (C=O) groups is 4. The first-order chi connectivity index (χ1) is 19.7. The zero-order valence-electron chi connectivity index (χ0n) is 22.4. The number of carbonyl (C=O) groups excluding carboxylic acids is 4. The van der Waals surface area contributed by atoms with Crippen molar-refractivity contribution in [2.45, 2.75) is 35.2 Å². The maximum Gasteiger partial charge on any atom is 0.333 e. The quantitative estimate of drug-likeness (QED) is 0.113. The van der Waals surface area contributed by atoms with Crippen molar-refractivity contribution in [3.63, 3.8) is 0 Å². The molecule has 3 unspecified atom stereocenters. The number of benzene rings is 2. The summed E-state index contributed by atoms with van der Waals surface area (Å²) in [4.78, 5) is 47.9. The highest BCUT2D eigenvalue weighted by Gasteiger charge is 2.26. The summed E-state index contributed by atoms with van der Waals surface area (Å²) >= 11 is 1.47. The highest BCUT2D eigenvalue weighted by atomic mass is 32.2. The average molecular weight is 583 g/mol. The van der Waals surface area contributed by atoms with Crippen LogP contribution in [0, 0.1) is 0 Å². The second-order valence-electron chi connectivity index (χ2n) is 7.93. The highest BCUT2D eigenvalue weighted by molar-refractivity contribution is 7.99. The van der Waals surface area contributed by atoms with Crippen LogP contribution < -0.4 is 9.47 Å². The van der Waals surface area contributed by atoms with Crippen LogP contribution in [-0.4, -0.2) is 55.6 Å². The van der Waals surface area contributed by atoms with Gasteiger partial charge in [0, 0.05) is 34.1 Å². The molecule has 0 heterocycles. The minimum atomic E-state index is -1.20. The zero-order chi connectivity index (χ0) is 30.2. The molecule has 0 spiro atoms. The van der Waals surface area contributed by atoms with E-state index in [4.69, 9.17) is 28.4 Å². The molecule has 0 saturated carbocycles. The lowest BCUT2D eigenvalue weighted by molar-refractivity contribution is -0.183. The molecule has 2 aromatic rings. The van der Waals surface area contributed by atoms with Crippen LogP contribution in [-0.2, 0) is 38.1 Å². The molecule has 0 N–H and O–H groups in total. The Morgan fingerprint density at radius 1 is 0.683 bits per heavy atom. The first-order valence-corrected chi connectivity index (χ1v) is 12.9. The van der Waals surface area contributed by atoms with Gasteiger partial charge in [-0.1, -0.05) is 38.1 Å². The molecule has 0 aromatic heterocycles. The van der Waals surface area contributed by atoms with Gasteiger partial charge < -0.3 is 28.4 Å². The normalized spacial score (nSPS) is 12.3. The first kappa shape index (κ1) is 32.4. The number of hydrogen-bond donors (Lipinski definition) is 0. The van der Waals surface area contributed by atoms with E-state index in [9.17, 15) is 19.2 Å². The van der Waals surface area contributed by atoms with Crippen LogP contribution in [0.1, 0.15) is 6.92 Å². The number of hydrogen-bond acceptors (Lipinski definition) is 11. The molecule has 0 saturated heterocycles. The van der Waals surface area contributed by atoms with Gasteiger partial charge in [0.15, 0.2) is 12.2 Å². The molecule has 216 valence electrons. The minimum absolute atomic E-state index is 0.0491. The SMILES string of the molecule is C=CC(=O)OCC(COc1ccc(Sc2ccc(OC(OC(=O)C=C)C(C)OC(=O)C=C)cc2)cc1)OC(=O)C=C. The minimum Gasteiger partial charge on any atom is -0.490 e. The summed E-state index contributed by atoms with van der Waals surface area (Å²) in [5, 5.41) is 0. The topological polar surface area (TPSA) is 124 Å². The molecule has 0 bridgehead atoms. The maximum atomic E-state index is 11.7. The summed E-state index contributed by atoms with van der Waals surface area (Å²) in [6.07, 6.45) is 1.03. The molecule has 2 rings (SSSR count). The third-order valence-corrected chi connectivity index (χ3v) is 5.87. The van der Waals surface area contributed by atoms with E-state index >= 15 is 0 Å². The van der Waals surface area contributed by atoms with E-state index in [1.165, 1.54) is 18.7 Å². The Balaban J connectivity index is 1.97. The van der Waals surface area contributed by atoms with Crippen LogP contribution >= 0.6 is 11.8 Å². The van der Waals surface area contributed by atoms with E-state index in [2.05, 4.69) is 26.3 Å². The van der Waals surface area contributed by atoms with Gasteiger partial charge in [0.05, 0.1) is 0 Å². The first-order valence-electron chi connectivity index (χ1n) is 12.1. The van der Waals surface area contributed by atoms with Crippen molar-refractivity contribution < 1.29 is 47.6 Å². The monoisotopic (exact) mass is 582 g/mol. The molecule has 0 amide bonds. The standard InChI is InChI=1S/C30H30O10S/c1-6-26(31)36-19-23(38-28(33)8-3)18-35-21-10-14-24(15-11-21)41-25-16-12-22(13-17-25)39-30(40-29(34)9-4)20(5)37-27(32)7-2/h6-17,20,23,30H,1-4,18-19H2,5H3. The predicted molar refractivity (Wildman–Crippen MR) is 150 cm³/mol. The largest absolute Gasteiger partial charge is 0.490 e. The lowest BCUT2D eigenvalue weighted by Gasteiger charge is -2.24. The average Bonchev–Trinajstić information content (AvgIpc) is 2.99. The molecular formula is C30H30O10S. The Morgan fingerprint density at radius 2 is 1.17 bits per heavy atom. The Bertz CT molecular complexity index is 1240. The summed E-state index contributed by atoms with van der Waals surface area (Å²) in [6, 6.07) is 14.1. The van der Waals surface area contributed by atoms with Crippen molar-refractivity contribution in [1.82, 2.24) is 0 Å².